The Kier molecular flexibility index (Phi) is 4.46. The van der Waals surface area contributed by atoms with Gasteiger partial charge in [0.25, 0.3) is 0 Å². The lowest BCUT2D eigenvalue weighted by atomic mass is 10.4. The maximum atomic E-state index is 11.5. The van der Waals surface area contributed by atoms with E-state index in [0.717, 1.165) is 11.4 Å². The highest BCUT2D eigenvalue weighted by atomic mass is 32.1. The van der Waals surface area contributed by atoms with Crippen LogP contribution in [0, 0.1) is 0 Å². The van der Waals surface area contributed by atoms with Crippen LogP contribution in [-0.4, -0.2) is 19.2 Å². The fourth-order valence-electron chi connectivity index (χ4n) is 1.14. The van der Waals surface area contributed by atoms with E-state index in [9.17, 15) is 4.79 Å². The monoisotopic (exact) mass is 213 g/mol. The molecule has 0 aromatic carbocycles. The van der Waals surface area contributed by atoms with Crippen LogP contribution in [-0.2, 0) is 4.74 Å². The Morgan fingerprint density at radius 1 is 1.57 bits per heavy atom. The number of hydrogen-bond donors (Lipinski definition) is 0. The summed E-state index contributed by atoms with van der Waals surface area (Å²) in [6, 6.07) is 3.86. The van der Waals surface area contributed by atoms with E-state index in [1.165, 1.54) is 0 Å². The Hall–Kier alpha value is -1.03. The van der Waals surface area contributed by atoms with Crippen LogP contribution < -0.4 is 4.90 Å². The fraction of sp³-hybridized carbons (Fsp3) is 0.500. The van der Waals surface area contributed by atoms with Crippen LogP contribution in [0.1, 0.15) is 20.3 Å². The third-order valence-electron chi connectivity index (χ3n) is 1.71. The van der Waals surface area contributed by atoms with Crippen LogP contribution in [0.25, 0.3) is 0 Å². The van der Waals surface area contributed by atoms with Gasteiger partial charge in [-0.05, 0) is 30.9 Å². The van der Waals surface area contributed by atoms with Crippen LogP contribution >= 0.6 is 11.3 Å². The molecule has 4 heteroatoms. The van der Waals surface area contributed by atoms with Crippen molar-refractivity contribution >= 4 is 22.4 Å². The molecule has 0 spiro atoms. The van der Waals surface area contributed by atoms with Gasteiger partial charge in [0.1, 0.15) is 5.00 Å². The standard InChI is InChI=1S/C10H15NO2S/c1-3-7-11(10(12)13-4-2)9-6-5-8-14-9/h5-6,8H,3-4,7H2,1-2H3. The molecule has 1 aromatic heterocycles. The second-order valence-corrected chi connectivity index (χ2v) is 3.73. The molecule has 0 saturated heterocycles. The average Bonchev–Trinajstić information content (AvgIpc) is 2.67. The van der Waals surface area contributed by atoms with Gasteiger partial charge >= 0.3 is 6.09 Å². The highest BCUT2D eigenvalue weighted by molar-refractivity contribution is 7.14. The molecular weight excluding hydrogens is 198 g/mol. The molecule has 0 bridgehead atoms. The number of nitrogens with zero attached hydrogens (tertiary/aromatic N) is 1. The minimum Gasteiger partial charge on any atom is -0.449 e. The van der Waals surface area contributed by atoms with Crippen molar-refractivity contribution in [2.24, 2.45) is 0 Å². The van der Waals surface area contributed by atoms with Gasteiger partial charge in [0.05, 0.1) is 6.61 Å². The second kappa shape index (κ2) is 5.65. The van der Waals surface area contributed by atoms with Crippen molar-refractivity contribution in [3.05, 3.63) is 17.5 Å². The van der Waals surface area contributed by atoms with Gasteiger partial charge in [-0.2, -0.15) is 0 Å². The predicted molar refractivity (Wildman–Crippen MR) is 59.0 cm³/mol. The molecule has 0 aliphatic heterocycles. The van der Waals surface area contributed by atoms with Crippen LogP contribution in [0.2, 0.25) is 0 Å². The number of carbonyl (C=O) groups excluding carboxylic acids is 1. The molecule has 78 valence electrons. The van der Waals surface area contributed by atoms with Gasteiger partial charge in [-0.15, -0.1) is 11.3 Å². The largest absolute Gasteiger partial charge is 0.449 e. The Labute approximate surface area is 88.3 Å². The first-order valence-electron chi connectivity index (χ1n) is 4.77. The maximum Gasteiger partial charge on any atom is 0.414 e. The number of anilines is 1. The fourth-order valence-corrected chi connectivity index (χ4v) is 1.89. The molecule has 0 fully saturated rings. The van der Waals surface area contributed by atoms with E-state index < -0.39 is 0 Å². The number of ether oxygens (including phenoxy) is 1. The highest BCUT2D eigenvalue weighted by Gasteiger charge is 2.15. The molecule has 0 aliphatic carbocycles. The third kappa shape index (κ3) is 2.73. The lowest BCUT2D eigenvalue weighted by Crippen LogP contribution is -2.31. The molecule has 0 saturated carbocycles. The zero-order valence-electron chi connectivity index (χ0n) is 8.53. The van der Waals surface area contributed by atoms with Gasteiger partial charge < -0.3 is 4.74 Å². The normalized spacial score (nSPS) is 9.86. The Morgan fingerprint density at radius 2 is 2.36 bits per heavy atom. The van der Waals surface area contributed by atoms with E-state index in [1.807, 2.05) is 31.4 Å². The van der Waals surface area contributed by atoms with Crippen LogP contribution in [0.5, 0.6) is 0 Å². The van der Waals surface area contributed by atoms with Crippen molar-refractivity contribution in [2.45, 2.75) is 20.3 Å². The summed E-state index contributed by atoms with van der Waals surface area (Å²) in [5, 5.41) is 2.90. The molecular formula is C10H15NO2S. The van der Waals surface area contributed by atoms with Gasteiger partial charge in [-0.3, -0.25) is 4.90 Å². The molecule has 0 radical (unpaired) electrons. The first kappa shape index (κ1) is 11.0. The van der Waals surface area contributed by atoms with Crippen molar-refractivity contribution < 1.29 is 9.53 Å². The molecule has 1 rings (SSSR count). The zero-order valence-corrected chi connectivity index (χ0v) is 9.34. The first-order chi connectivity index (χ1) is 6.79. The summed E-state index contributed by atoms with van der Waals surface area (Å²) in [6.45, 7) is 4.99. The van der Waals surface area contributed by atoms with Crippen molar-refractivity contribution in [2.75, 3.05) is 18.1 Å². The topological polar surface area (TPSA) is 29.5 Å². The van der Waals surface area contributed by atoms with E-state index in [1.54, 1.807) is 16.2 Å². The minimum absolute atomic E-state index is 0.253. The number of amides is 1. The Morgan fingerprint density at radius 3 is 2.86 bits per heavy atom. The molecule has 0 unspecified atom stereocenters. The van der Waals surface area contributed by atoms with E-state index in [2.05, 4.69) is 0 Å². The number of hydrogen-bond acceptors (Lipinski definition) is 3. The average molecular weight is 213 g/mol. The molecule has 0 atom stereocenters. The quantitative estimate of drug-likeness (QED) is 0.769. The van der Waals surface area contributed by atoms with Crippen LogP contribution in [0.3, 0.4) is 0 Å². The summed E-state index contributed by atoms with van der Waals surface area (Å²) in [6.07, 6.45) is 0.674. The van der Waals surface area contributed by atoms with E-state index in [0.29, 0.717) is 13.2 Å². The van der Waals surface area contributed by atoms with Gasteiger partial charge in [0, 0.05) is 6.54 Å². The number of rotatable bonds is 4. The van der Waals surface area contributed by atoms with Crippen molar-refractivity contribution in [3.8, 4) is 0 Å². The van der Waals surface area contributed by atoms with Gasteiger partial charge in [-0.1, -0.05) is 6.92 Å². The maximum absolute atomic E-state index is 11.5. The number of carbonyl (C=O) groups is 1. The van der Waals surface area contributed by atoms with Crippen LogP contribution in [0.15, 0.2) is 17.5 Å². The molecule has 1 aromatic rings. The van der Waals surface area contributed by atoms with E-state index in [-0.39, 0.29) is 6.09 Å². The molecule has 14 heavy (non-hydrogen) atoms. The third-order valence-corrected chi connectivity index (χ3v) is 2.60. The van der Waals surface area contributed by atoms with E-state index >= 15 is 0 Å². The van der Waals surface area contributed by atoms with Gasteiger partial charge in [-0.25, -0.2) is 4.79 Å². The van der Waals surface area contributed by atoms with Crippen molar-refractivity contribution in [3.63, 3.8) is 0 Å². The first-order valence-corrected chi connectivity index (χ1v) is 5.65. The lowest BCUT2D eigenvalue weighted by Gasteiger charge is -2.18. The summed E-state index contributed by atoms with van der Waals surface area (Å²) in [4.78, 5) is 13.2. The van der Waals surface area contributed by atoms with Crippen molar-refractivity contribution in [1.29, 1.82) is 0 Å². The van der Waals surface area contributed by atoms with Crippen LogP contribution in [0.4, 0.5) is 9.80 Å². The zero-order chi connectivity index (χ0) is 10.4. The highest BCUT2D eigenvalue weighted by Crippen LogP contribution is 2.22. The van der Waals surface area contributed by atoms with Crippen molar-refractivity contribution in [1.82, 2.24) is 0 Å². The summed E-state index contributed by atoms with van der Waals surface area (Å²) < 4.78 is 4.97. The molecule has 1 heterocycles. The Bertz CT molecular complexity index is 272. The summed E-state index contributed by atoms with van der Waals surface area (Å²) in [5.41, 5.74) is 0. The lowest BCUT2D eigenvalue weighted by molar-refractivity contribution is 0.160. The molecule has 1 amide bonds. The number of thiophene rings is 1. The van der Waals surface area contributed by atoms with E-state index in [4.69, 9.17) is 4.74 Å². The second-order valence-electron chi connectivity index (χ2n) is 2.80. The smallest absolute Gasteiger partial charge is 0.414 e. The Balaban J connectivity index is 2.69. The minimum atomic E-state index is -0.253. The molecule has 0 aliphatic rings. The molecule has 0 N–H and O–H groups in total. The molecule has 3 nitrogen and oxygen atoms in total. The summed E-state index contributed by atoms with van der Waals surface area (Å²) >= 11 is 1.55. The summed E-state index contributed by atoms with van der Waals surface area (Å²) in [5.74, 6) is 0. The van der Waals surface area contributed by atoms with Gasteiger partial charge in [0.2, 0.25) is 0 Å². The summed E-state index contributed by atoms with van der Waals surface area (Å²) in [7, 11) is 0. The SMILES string of the molecule is CCCN(C(=O)OCC)c1cccs1. The predicted octanol–water partition coefficient (Wildman–Crippen LogP) is 3.12. The van der Waals surface area contributed by atoms with Gasteiger partial charge in [0.15, 0.2) is 0 Å².